The van der Waals surface area contributed by atoms with Crippen LogP contribution in [-0.4, -0.2) is 0 Å². The molecule has 0 nitrogen and oxygen atoms in total. The third-order valence-corrected chi connectivity index (χ3v) is 3.30. The summed E-state index contributed by atoms with van der Waals surface area (Å²) in [4.78, 5) is 0. The zero-order valence-corrected chi connectivity index (χ0v) is 10.8. The SMILES string of the molecule is Fc1cccc(CC(Cl)c2cccc(Cl)c2F)c1. The second-order valence-electron chi connectivity index (χ2n) is 3.94. The molecule has 0 saturated heterocycles. The lowest BCUT2D eigenvalue weighted by Gasteiger charge is -2.11. The summed E-state index contributed by atoms with van der Waals surface area (Å²) in [6, 6.07) is 10.8. The molecule has 0 aliphatic carbocycles. The normalized spacial score (nSPS) is 12.4. The molecule has 0 aliphatic heterocycles. The first kappa shape index (κ1) is 13.3. The number of rotatable bonds is 3. The largest absolute Gasteiger partial charge is 0.207 e. The molecule has 0 radical (unpaired) electrons. The standard InChI is InChI=1S/C14H10Cl2F2/c15-12-6-2-5-11(14(12)18)13(16)8-9-3-1-4-10(17)7-9/h1-7,13H,8H2. The van der Waals surface area contributed by atoms with Gasteiger partial charge < -0.3 is 0 Å². The van der Waals surface area contributed by atoms with Crippen LogP contribution in [0.3, 0.4) is 0 Å². The molecule has 2 aromatic rings. The van der Waals surface area contributed by atoms with Crippen molar-refractivity contribution >= 4 is 23.2 Å². The fourth-order valence-electron chi connectivity index (χ4n) is 1.74. The number of halogens is 4. The van der Waals surface area contributed by atoms with Crippen molar-refractivity contribution in [3.8, 4) is 0 Å². The highest BCUT2D eigenvalue weighted by molar-refractivity contribution is 6.31. The highest BCUT2D eigenvalue weighted by Gasteiger charge is 2.15. The lowest BCUT2D eigenvalue weighted by Crippen LogP contribution is -1.99. The molecule has 0 aromatic heterocycles. The Labute approximate surface area is 114 Å². The molecular formula is C14H10Cl2F2. The highest BCUT2D eigenvalue weighted by atomic mass is 35.5. The Hall–Kier alpha value is -1.12. The van der Waals surface area contributed by atoms with Gasteiger partial charge in [-0.2, -0.15) is 0 Å². The molecule has 0 amide bonds. The van der Waals surface area contributed by atoms with Crippen LogP contribution in [0.4, 0.5) is 8.78 Å². The molecule has 0 fully saturated rings. The van der Waals surface area contributed by atoms with E-state index in [2.05, 4.69) is 0 Å². The minimum atomic E-state index is -0.578. The monoisotopic (exact) mass is 286 g/mol. The molecule has 1 atom stereocenters. The van der Waals surface area contributed by atoms with Gasteiger partial charge >= 0.3 is 0 Å². The molecule has 1 unspecified atom stereocenters. The van der Waals surface area contributed by atoms with Crippen LogP contribution < -0.4 is 0 Å². The molecule has 0 aliphatic rings. The molecular weight excluding hydrogens is 277 g/mol. The summed E-state index contributed by atoms with van der Waals surface area (Å²) < 4.78 is 26.8. The summed E-state index contributed by atoms with van der Waals surface area (Å²) in [5.41, 5.74) is 1.04. The topological polar surface area (TPSA) is 0 Å². The molecule has 2 aromatic carbocycles. The number of alkyl halides is 1. The van der Waals surface area contributed by atoms with E-state index >= 15 is 0 Å². The van der Waals surface area contributed by atoms with E-state index in [9.17, 15) is 8.78 Å². The van der Waals surface area contributed by atoms with Crippen molar-refractivity contribution in [1.29, 1.82) is 0 Å². The second-order valence-corrected chi connectivity index (χ2v) is 4.88. The van der Waals surface area contributed by atoms with Crippen LogP contribution in [0.1, 0.15) is 16.5 Å². The predicted octanol–water partition coefficient (Wildman–Crippen LogP) is 5.14. The minimum absolute atomic E-state index is 0.0393. The molecule has 0 N–H and O–H groups in total. The quantitative estimate of drug-likeness (QED) is 0.685. The fraction of sp³-hybridized carbons (Fsp3) is 0.143. The Balaban J connectivity index is 2.22. The zero-order valence-electron chi connectivity index (χ0n) is 9.34. The fourth-order valence-corrected chi connectivity index (χ4v) is 2.27. The van der Waals surface area contributed by atoms with E-state index in [0.717, 1.165) is 5.56 Å². The number of hydrogen-bond donors (Lipinski definition) is 0. The van der Waals surface area contributed by atoms with E-state index in [1.165, 1.54) is 18.2 Å². The van der Waals surface area contributed by atoms with E-state index in [1.807, 2.05) is 0 Å². The van der Waals surface area contributed by atoms with Gasteiger partial charge in [-0.1, -0.05) is 35.9 Å². The first-order valence-corrected chi connectivity index (χ1v) is 6.22. The van der Waals surface area contributed by atoms with Crippen molar-refractivity contribution in [1.82, 2.24) is 0 Å². The Kier molecular flexibility index (Phi) is 4.20. The van der Waals surface area contributed by atoms with Gasteiger partial charge in [0.1, 0.15) is 11.6 Å². The van der Waals surface area contributed by atoms with Crippen molar-refractivity contribution < 1.29 is 8.78 Å². The molecule has 18 heavy (non-hydrogen) atoms. The van der Waals surface area contributed by atoms with Crippen LogP contribution in [0.5, 0.6) is 0 Å². The smallest absolute Gasteiger partial charge is 0.146 e. The van der Waals surface area contributed by atoms with Gasteiger partial charge in [-0.25, -0.2) is 8.78 Å². The summed E-state index contributed by atoms with van der Waals surface area (Å²) in [6.45, 7) is 0. The zero-order chi connectivity index (χ0) is 13.1. The predicted molar refractivity (Wildman–Crippen MR) is 70.1 cm³/mol. The first-order chi connectivity index (χ1) is 8.58. The highest BCUT2D eigenvalue weighted by Crippen LogP contribution is 2.30. The molecule has 0 bridgehead atoms. The first-order valence-electron chi connectivity index (χ1n) is 5.40. The summed E-state index contributed by atoms with van der Waals surface area (Å²) in [5.74, 6) is -0.849. The van der Waals surface area contributed by atoms with Crippen LogP contribution >= 0.6 is 23.2 Å². The van der Waals surface area contributed by atoms with Gasteiger partial charge in [0.05, 0.1) is 10.4 Å². The van der Waals surface area contributed by atoms with Crippen LogP contribution in [0.2, 0.25) is 5.02 Å². The second kappa shape index (κ2) is 5.68. The third kappa shape index (κ3) is 3.01. The molecule has 0 saturated carbocycles. The molecule has 2 rings (SSSR count). The third-order valence-electron chi connectivity index (χ3n) is 2.62. The lowest BCUT2D eigenvalue weighted by molar-refractivity contribution is 0.605. The van der Waals surface area contributed by atoms with Crippen LogP contribution in [-0.2, 0) is 6.42 Å². The number of benzene rings is 2. The Morgan fingerprint density at radius 3 is 2.50 bits per heavy atom. The van der Waals surface area contributed by atoms with Gasteiger partial charge in [-0.15, -0.1) is 11.6 Å². The van der Waals surface area contributed by atoms with Gasteiger partial charge in [0.2, 0.25) is 0 Å². The van der Waals surface area contributed by atoms with Crippen molar-refractivity contribution in [3.05, 3.63) is 70.2 Å². The Morgan fingerprint density at radius 2 is 1.78 bits per heavy atom. The molecule has 0 heterocycles. The van der Waals surface area contributed by atoms with Crippen molar-refractivity contribution in [2.45, 2.75) is 11.8 Å². The van der Waals surface area contributed by atoms with Gasteiger partial charge in [0.25, 0.3) is 0 Å². The summed E-state index contributed by atoms with van der Waals surface area (Å²) >= 11 is 11.8. The summed E-state index contributed by atoms with van der Waals surface area (Å²) in [7, 11) is 0. The summed E-state index contributed by atoms with van der Waals surface area (Å²) in [6.07, 6.45) is 0.344. The van der Waals surface area contributed by atoms with E-state index < -0.39 is 11.2 Å². The average molecular weight is 287 g/mol. The maximum absolute atomic E-state index is 13.7. The van der Waals surface area contributed by atoms with Gasteiger partial charge in [0.15, 0.2) is 0 Å². The number of hydrogen-bond acceptors (Lipinski definition) is 0. The summed E-state index contributed by atoms with van der Waals surface area (Å²) in [5, 5.41) is -0.539. The maximum Gasteiger partial charge on any atom is 0.146 e. The van der Waals surface area contributed by atoms with Crippen molar-refractivity contribution in [2.24, 2.45) is 0 Å². The van der Waals surface area contributed by atoms with Gasteiger partial charge in [0, 0.05) is 5.56 Å². The molecule has 0 spiro atoms. The van der Waals surface area contributed by atoms with Crippen molar-refractivity contribution in [3.63, 3.8) is 0 Å². The maximum atomic E-state index is 13.7. The molecule has 94 valence electrons. The Morgan fingerprint density at radius 1 is 1.06 bits per heavy atom. The van der Waals surface area contributed by atoms with E-state index in [4.69, 9.17) is 23.2 Å². The Bertz CT molecular complexity index is 555. The van der Waals surface area contributed by atoms with Gasteiger partial charge in [-0.3, -0.25) is 0 Å². The molecule has 4 heteroatoms. The van der Waals surface area contributed by atoms with Crippen LogP contribution in [0.15, 0.2) is 42.5 Å². The van der Waals surface area contributed by atoms with E-state index in [-0.39, 0.29) is 10.8 Å². The van der Waals surface area contributed by atoms with Crippen LogP contribution in [0.25, 0.3) is 0 Å². The average Bonchev–Trinajstić information content (AvgIpc) is 2.32. The van der Waals surface area contributed by atoms with Crippen LogP contribution in [0, 0.1) is 11.6 Å². The minimum Gasteiger partial charge on any atom is -0.207 e. The van der Waals surface area contributed by atoms with E-state index in [1.54, 1.807) is 24.3 Å². The lowest BCUT2D eigenvalue weighted by atomic mass is 10.0. The van der Waals surface area contributed by atoms with Crippen molar-refractivity contribution in [2.75, 3.05) is 0 Å². The van der Waals surface area contributed by atoms with E-state index in [0.29, 0.717) is 12.0 Å². The van der Waals surface area contributed by atoms with Gasteiger partial charge in [-0.05, 0) is 30.2 Å².